The highest BCUT2D eigenvalue weighted by Crippen LogP contribution is 2.27. The molecule has 0 atom stereocenters. The molecule has 4 nitrogen and oxygen atoms in total. The minimum Gasteiger partial charge on any atom is -0.496 e. The van der Waals surface area contributed by atoms with Gasteiger partial charge in [-0.1, -0.05) is 32.0 Å². The Morgan fingerprint density at radius 3 is 2.58 bits per heavy atom. The Labute approximate surface area is 152 Å². The number of cyclic esters (lactones) is 1. The Kier molecular flexibility index (Phi) is 5.16. The van der Waals surface area contributed by atoms with Crippen molar-refractivity contribution in [2.45, 2.75) is 26.2 Å². The molecule has 0 aromatic heterocycles. The standard InChI is InChI=1S/C21H20FNO3/c1-13(2)15-6-9-19(25-3)16(11-15)12-18-21(24)26-20(23-18)10-14-4-7-17(22)8-5-14/h4-9,11-13H,10H2,1-3H3/b18-12-. The average Bonchev–Trinajstić information content (AvgIpc) is 2.96. The highest BCUT2D eigenvalue weighted by molar-refractivity contribution is 6.07. The van der Waals surface area contributed by atoms with E-state index in [1.54, 1.807) is 25.3 Å². The summed E-state index contributed by atoms with van der Waals surface area (Å²) >= 11 is 0. The number of carbonyl (C=O) groups is 1. The van der Waals surface area contributed by atoms with Crippen LogP contribution in [0.25, 0.3) is 6.08 Å². The second kappa shape index (κ2) is 7.52. The number of halogens is 1. The van der Waals surface area contributed by atoms with Crippen molar-refractivity contribution in [1.82, 2.24) is 0 Å². The second-order valence-electron chi connectivity index (χ2n) is 6.38. The summed E-state index contributed by atoms with van der Waals surface area (Å²) in [7, 11) is 1.59. The number of benzene rings is 2. The monoisotopic (exact) mass is 353 g/mol. The Morgan fingerprint density at radius 2 is 1.92 bits per heavy atom. The molecular formula is C21H20FNO3. The van der Waals surface area contributed by atoms with Gasteiger partial charge in [-0.2, -0.15) is 0 Å². The van der Waals surface area contributed by atoms with Crippen LogP contribution in [0.15, 0.2) is 53.2 Å². The summed E-state index contributed by atoms with van der Waals surface area (Å²) in [5.41, 5.74) is 2.96. The third-order valence-corrected chi connectivity index (χ3v) is 4.15. The molecule has 5 heteroatoms. The molecule has 0 aliphatic carbocycles. The second-order valence-corrected chi connectivity index (χ2v) is 6.38. The molecule has 1 aliphatic rings. The quantitative estimate of drug-likeness (QED) is 0.587. The van der Waals surface area contributed by atoms with Gasteiger partial charge in [0, 0.05) is 12.0 Å². The van der Waals surface area contributed by atoms with Crippen molar-refractivity contribution in [1.29, 1.82) is 0 Å². The molecule has 26 heavy (non-hydrogen) atoms. The SMILES string of the molecule is COc1ccc(C(C)C)cc1/C=C1\N=C(Cc2ccc(F)cc2)OC1=O. The van der Waals surface area contributed by atoms with Crippen molar-refractivity contribution < 1.29 is 18.7 Å². The first kappa shape index (κ1) is 17.9. The van der Waals surface area contributed by atoms with E-state index in [2.05, 4.69) is 18.8 Å². The van der Waals surface area contributed by atoms with Crippen LogP contribution >= 0.6 is 0 Å². The molecule has 0 N–H and O–H groups in total. The van der Waals surface area contributed by atoms with E-state index in [4.69, 9.17) is 9.47 Å². The molecule has 0 saturated heterocycles. The van der Waals surface area contributed by atoms with E-state index in [1.165, 1.54) is 12.1 Å². The molecule has 2 aromatic carbocycles. The summed E-state index contributed by atoms with van der Waals surface area (Å²) in [6.07, 6.45) is 2.00. The van der Waals surface area contributed by atoms with E-state index >= 15 is 0 Å². The fourth-order valence-electron chi connectivity index (χ4n) is 2.68. The molecule has 0 radical (unpaired) electrons. The van der Waals surface area contributed by atoms with Crippen molar-refractivity contribution in [3.05, 3.63) is 70.7 Å². The number of carbonyl (C=O) groups excluding carboxylic acids is 1. The molecule has 0 unspecified atom stereocenters. The van der Waals surface area contributed by atoms with Crippen molar-refractivity contribution in [2.75, 3.05) is 7.11 Å². The Morgan fingerprint density at radius 1 is 1.19 bits per heavy atom. The zero-order chi connectivity index (χ0) is 18.7. The number of hydrogen-bond donors (Lipinski definition) is 0. The minimum atomic E-state index is -0.501. The highest BCUT2D eigenvalue weighted by Gasteiger charge is 2.23. The van der Waals surface area contributed by atoms with Gasteiger partial charge in [0.15, 0.2) is 5.70 Å². The maximum atomic E-state index is 13.0. The lowest BCUT2D eigenvalue weighted by Crippen LogP contribution is -2.07. The summed E-state index contributed by atoms with van der Waals surface area (Å²) in [6, 6.07) is 11.9. The summed E-state index contributed by atoms with van der Waals surface area (Å²) in [4.78, 5) is 16.4. The zero-order valence-corrected chi connectivity index (χ0v) is 15.0. The van der Waals surface area contributed by atoms with Gasteiger partial charge in [-0.05, 0) is 47.4 Å². The van der Waals surface area contributed by atoms with Gasteiger partial charge < -0.3 is 9.47 Å². The predicted molar refractivity (Wildman–Crippen MR) is 98.7 cm³/mol. The van der Waals surface area contributed by atoms with Gasteiger partial charge >= 0.3 is 5.97 Å². The number of rotatable bonds is 5. The number of nitrogens with zero attached hydrogens (tertiary/aromatic N) is 1. The summed E-state index contributed by atoms with van der Waals surface area (Å²) in [5, 5.41) is 0. The van der Waals surface area contributed by atoms with Crippen LogP contribution < -0.4 is 4.74 Å². The summed E-state index contributed by atoms with van der Waals surface area (Å²) < 4.78 is 23.6. The van der Waals surface area contributed by atoms with Crippen molar-refractivity contribution in [2.24, 2.45) is 4.99 Å². The number of hydrogen-bond acceptors (Lipinski definition) is 4. The third kappa shape index (κ3) is 3.99. The van der Waals surface area contributed by atoms with Crippen LogP contribution in [0.1, 0.15) is 36.5 Å². The fourth-order valence-corrected chi connectivity index (χ4v) is 2.68. The van der Waals surface area contributed by atoms with Crippen LogP contribution in [-0.4, -0.2) is 19.0 Å². The van der Waals surface area contributed by atoms with Crippen LogP contribution in [0.5, 0.6) is 5.75 Å². The van der Waals surface area contributed by atoms with E-state index in [0.29, 0.717) is 24.0 Å². The number of aliphatic imine (C=N–C) groups is 1. The third-order valence-electron chi connectivity index (χ3n) is 4.15. The van der Waals surface area contributed by atoms with Crippen molar-refractivity contribution >= 4 is 17.9 Å². The van der Waals surface area contributed by atoms with Crippen LogP contribution in [0, 0.1) is 5.82 Å². The first-order valence-electron chi connectivity index (χ1n) is 8.40. The van der Waals surface area contributed by atoms with Crippen molar-refractivity contribution in [3.8, 4) is 5.75 Å². The molecule has 1 heterocycles. The zero-order valence-electron chi connectivity index (χ0n) is 15.0. The van der Waals surface area contributed by atoms with E-state index in [0.717, 1.165) is 16.7 Å². The topological polar surface area (TPSA) is 47.9 Å². The Balaban J connectivity index is 1.88. The minimum absolute atomic E-state index is 0.223. The van der Waals surface area contributed by atoms with E-state index < -0.39 is 5.97 Å². The van der Waals surface area contributed by atoms with Gasteiger partial charge in [0.1, 0.15) is 11.6 Å². The van der Waals surface area contributed by atoms with Crippen molar-refractivity contribution in [3.63, 3.8) is 0 Å². The van der Waals surface area contributed by atoms with Gasteiger partial charge in [-0.25, -0.2) is 14.2 Å². The summed E-state index contributed by atoms with van der Waals surface area (Å²) in [6.45, 7) is 4.20. The van der Waals surface area contributed by atoms with Crippen LogP contribution in [0.3, 0.4) is 0 Å². The molecule has 0 fully saturated rings. The van der Waals surface area contributed by atoms with E-state index in [1.807, 2.05) is 18.2 Å². The number of ether oxygens (including phenoxy) is 2. The highest BCUT2D eigenvalue weighted by atomic mass is 19.1. The lowest BCUT2D eigenvalue weighted by Gasteiger charge is -2.10. The van der Waals surface area contributed by atoms with E-state index in [9.17, 15) is 9.18 Å². The maximum Gasteiger partial charge on any atom is 0.363 e. The largest absolute Gasteiger partial charge is 0.496 e. The Hall–Kier alpha value is -2.95. The number of methoxy groups -OCH3 is 1. The molecule has 2 aromatic rings. The average molecular weight is 353 g/mol. The molecular weight excluding hydrogens is 333 g/mol. The molecule has 3 rings (SSSR count). The van der Waals surface area contributed by atoms with Crippen LogP contribution in [0.4, 0.5) is 4.39 Å². The molecule has 1 aliphatic heterocycles. The molecule has 0 saturated carbocycles. The summed E-state index contributed by atoms with van der Waals surface area (Å²) in [5.74, 6) is 0.505. The first-order valence-corrected chi connectivity index (χ1v) is 8.40. The molecule has 0 bridgehead atoms. The van der Waals surface area contributed by atoms with E-state index in [-0.39, 0.29) is 11.5 Å². The number of esters is 1. The van der Waals surface area contributed by atoms with Gasteiger partial charge in [0.25, 0.3) is 0 Å². The first-order chi connectivity index (χ1) is 12.5. The fraction of sp³-hybridized carbons (Fsp3) is 0.238. The lowest BCUT2D eigenvalue weighted by atomic mass is 10.00. The molecule has 134 valence electrons. The van der Waals surface area contributed by atoms with Crippen LogP contribution in [0.2, 0.25) is 0 Å². The van der Waals surface area contributed by atoms with Gasteiger partial charge in [0.2, 0.25) is 5.90 Å². The Bertz CT molecular complexity index is 883. The van der Waals surface area contributed by atoms with Crippen LogP contribution in [-0.2, 0) is 16.0 Å². The lowest BCUT2D eigenvalue weighted by molar-refractivity contribution is -0.130. The van der Waals surface area contributed by atoms with Gasteiger partial charge in [-0.15, -0.1) is 0 Å². The normalized spacial score (nSPS) is 15.3. The van der Waals surface area contributed by atoms with Gasteiger partial charge in [-0.3, -0.25) is 0 Å². The molecule has 0 spiro atoms. The smallest absolute Gasteiger partial charge is 0.363 e. The maximum absolute atomic E-state index is 13.0. The molecule has 0 amide bonds. The van der Waals surface area contributed by atoms with Gasteiger partial charge in [0.05, 0.1) is 7.11 Å². The predicted octanol–water partition coefficient (Wildman–Crippen LogP) is 4.50.